The summed E-state index contributed by atoms with van der Waals surface area (Å²) >= 11 is 0. The fraction of sp³-hybridized carbons (Fsp3) is 0.556. The molecule has 0 heteroatoms. The van der Waals surface area contributed by atoms with Gasteiger partial charge in [0.15, 0.2) is 0 Å². The van der Waals surface area contributed by atoms with Crippen LogP contribution in [-0.4, -0.2) is 0 Å². The Labute approximate surface area is 169 Å². The SMILES string of the molecule is CC(C)(C)C1=CC=CC1.CC(C)(C)C1=CCC=C1.CC(C)(C)C1C=CC=C1. The van der Waals surface area contributed by atoms with Crippen molar-refractivity contribution in [2.75, 3.05) is 0 Å². The number of hydrogen-bond acceptors (Lipinski definition) is 0. The van der Waals surface area contributed by atoms with Gasteiger partial charge in [-0.3, -0.25) is 0 Å². The lowest BCUT2D eigenvalue weighted by Gasteiger charge is -2.23. The molecule has 0 aromatic rings. The molecule has 27 heavy (non-hydrogen) atoms. The van der Waals surface area contributed by atoms with E-state index in [1.54, 1.807) is 5.57 Å². The van der Waals surface area contributed by atoms with Gasteiger partial charge >= 0.3 is 0 Å². The number of hydrogen-bond donors (Lipinski definition) is 0. The summed E-state index contributed by atoms with van der Waals surface area (Å²) in [7, 11) is 0. The maximum absolute atomic E-state index is 2.29. The normalized spacial score (nSPS) is 18.7. The predicted molar refractivity (Wildman–Crippen MR) is 124 cm³/mol. The van der Waals surface area contributed by atoms with Crippen molar-refractivity contribution in [3.8, 4) is 0 Å². The van der Waals surface area contributed by atoms with Crippen molar-refractivity contribution >= 4 is 0 Å². The topological polar surface area (TPSA) is 0 Å². The third kappa shape index (κ3) is 8.78. The Balaban J connectivity index is 0.000000202. The summed E-state index contributed by atoms with van der Waals surface area (Å²) in [5, 5.41) is 0. The van der Waals surface area contributed by atoms with Crippen LogP contribution >= 0.6 is 0 Å². The highest BCUT2D eigenvalue weighted by atomic mass is 14.2. The van der Waals surface area contributed by atoms with Crippen LogP contribution in [0.5, 0.6) is 0 Å². The summed E-state index contributed by atoms with van der Waals surface area (Å²) in [4.78, 5) is 0. The molecule has 0 aliphatic heterocycles. The molecule has 0 saturated heterocycles. The van der Waals surface area contributed by atoms with Crippen LogP contribution in [-0.2, 0) is 0 Å². The second kappa shape index (κ2) is 9.58. The minimum Gasteiger partial charge on any atom is -0.0804 e. The van der Waals surface area contributed by atoms with E-state index in [1.807, 2.05) is 0 Å². The summed E-state index contributed by atoms with van der Waals surface area (Å²) in [6.45, 7) is 20.3. The fourth-order valence-electron chi connectivity index (χ4n) is 3.03. The summed E-state index contributed by atoms with van der Waals surface area (Å²) < 4.78 is 0. The van der Waals surface area contributed by atoms with Crippen LogP contribution in [0.25, 0.3) is 0 Å². The van der Waals surface area contributed by atoms with Gasteiger partial charge in [-0.2, -0.15) is 0 Å². The summed E-state index contributed by atoms with van der Waals surface area (Å²) in [6.07, 6.45) is 24.3. The Morgan fingerprint density at radius 1 is 0.741 bits per heavy atom. The van der Waals surface area contributed by atoms with Crippen LogP contribution in [0, 0.1) is 22.2 Å². The Morgan fingerprint density at radius 2 is 1.33 bits per heavy atom. The summed E-state index contributed by atoms with van der Waals surface area (Å²) in [5.41, 5.74) is 4.16. The van der Waals surface area contributed by atoms with Crippen molar-refractivity contribution < 1.29 is 0 Å². The van der Waals surface area contributed by atoms with Gasteiger partial charge in [-0.1, -0.05) is 129 Å². The van der Waals surface area contributed by atoms with Crippen LogP contribution < -0.4 is 0 Å². The van der Waals surface area contributed by atoms with Crippen LogP contribution in [0.1, 0.15) is 75.2 Å². The predicted octanol–water partition coefficient (Wildman–Crippen LogP) is 8.61. The quantitative estimate of drug-likeness (QED) is 0.402. The number of allylic oxidation sites excluding steroid dienone is 12. The lowest BCUT2D eigenvalue weighted by Crippen LogP contribution is -2.14. The van der Waals surface area contributed by atoms with Crippen molar-refractivity contribution in [2.24, 2.45) is 22.2 Å². The minimum absolute atomic E-state index is 0.354. The van der Waals surface area contributed by atoms with Crippen LogP contribution in [0.15, 0.2) is 71.9 Å². The third-order valence-electron chi connectivity index (χ3n) is 5.12. The van der Waals surface area contributed by atoms with Gasteiger partial charge in [0.05, 0.1) is 0 Å². The first kappa shape index (κ1) is 23.5. The van der Waals surface area contributed by atoms with Gasteiger partial charge in [0.1, 0.15) is 0 Å². The van der Waals surface area contributed by atoms with Crippen LogP contribution in [0.2, 0.25) is 0 Å². The first-order valence-corrected chi connectivity index (χ1v) is 10.4. The van der Waals surface area contributed by atoms with Gasteiger partial charge in [-0.05, 0) is 34.7 Å². The van der Waals surface area contributed by atoms with Crippen molar-refractivity contribution in [1.82, 2.24) is 0 Å². The van der Waals surface area contributed by atoms with Crippen molar-refractivity contribution in [3.63, 3.8) is 0 Å². The lowest BCUT2D eigenvalue weighted by atomic mass is 9.82. The molecule has 0 bridgehead atoms. The molecule has 0 heterocycles. The molecule has 0 nitrogen and oxygen atoms in total. The first-order valence-electron chi connectivity index (χ1n) is 10.4. The highest BCUT2D eigenvalue weighted by molar-refractivity contribution is 5.30. The first-order chi connectivity index (χ1) is 12.3. The molecule has 0 atom stereocenters. The Kier molecular flexibility index (Phi) is 8.33. The minimum atomic E-state index is 0.354. The molecule has 3 aliphatic rings. The molecule has 0 aromatic carbocycles. The highest BCUT2D eigenvalue weighted by Gasteiger charge is 2.20. The van der Waals surface area contributed by atoms with Crippen molar-refractivity contribution in [2.45, 2.75) is 75.2 Å². The molecular formula is C27H42. The van der Waals surface area contributed by atoms with E-state index in [0.29, 0.717) is 22.2 Å². The van der Waals surface area contributed by atoms with Gasteiger partial charge in [-0.15, -0.1) is 0 Å². The zero-order valence-corrected chi connectivity index (χ0v) is 19.3. The zero-order valence-electron chi connectivity index (χ0n) is 19.3. The van der Waals surface area contributed by atoms with Crippen molar-refractivity contribution in [1.29, 1.82) is 0 Å². The third-order valence-corrected chi connectivity index (χ3v) is 5.12. The van der Waals surface area contributed by atoms with E-state index in [2.05, 4.69) is 123 Å². The van der Waals surface area contributed by atoms with E-state index < -0.39 is 0 Å². The molecule has 0 N–H and O–H groups in total. The Morgan fingerprint density at radius 3 is 1.56 bits per heavy atom. The molecule has 0 aromatic heterocycles. The smallest absolute Gasteiger partial charge is 0.000136 e. The van der Waals surface area contributed by atoms with E-state index >= 15 is 0 Å². The molecule has 3 aliphatic carbocycles. The molecule has 0 fully saturated rings. The summed E-state index contributed by atoms with van der Waals surface area (Å²) in [6, 6.07) is 0. The van der Waals surface area contributed by atoms with Crippen LogP contribution in [0.3, 0.4) is 0 Å². The maximum atomic E-state index is 2.29. The van der Waals surface area contributed by atoms with Gasteiger partial charge in [0.25, 0.3) is 0 Å². The van der Waals surface area contributed by atoms with Gasteiger partial charge in [0.2, 0.25) is 0 Å². The molecule has 0 saturated carbocycles. The average Bonchev–Trinajstić information content (AvgIpc) is 3.28. The zero-order chi connectivity index (χ0) is 20.7. The van der Waals surface area contributed by atoms with Gasteiger partial charge < -0.3 is 0 Å². The van der Waals surface area contributed by atoms with Gasteiger partial charge in [-0.25, -0.2) is 0 Å². The fourth-order valence-corrected chi connectivity index (χ4v) is 3.03. The van der Waals surface area contributed by atoms with E-state index in [1.165, 1.54) is 5.57 Å². The molecule has 0 radical (unpaired) electrons. The molecule has 0 unspecified atom stereocenters. The average molecular weight is 367 g/mol. The molecule has 150 valence electrons. The molecule has 0 spiro atoms. The number of rotatable bonds is 0. The van der Waals surface area contributed by atoms with Crippen LogP contribution in [0.4, 0.5) is 0 Å². The molecule has 3 rings (SSSR count). The molecule has 0 amide bonds. The molecular weight excluding hydrogens is 324 g/mol. The summed E-state index contributed by atoms with van der Waals surface area (Å²) in [5.74, 6) is 0.650. The van der Waals surface area contributed by atoms with E-state index in [0.717, 1.165) is 12.8 Å². The van der Waals surface area contributed by atoms with E-state index in [-0.39, 0.29) is 0 Å². The van der Waals surface area contributed by atoms with Crippen molar-refractivity contribution in [3.05, 3.63) is 71.9 Å². The largest absolute Gasteiger partial charge is 0.0804 e. The maximum Gasteiger partial charge on any atom is 0.000136 e. The lowest BCUT2D eigenvalue weighted by molar-refractivity contribution is 0.346. The Hall–Kier alpha value is -1.56. The van der Waals surface area contributed by atoms with Gasteiger partial charge in [0, 0.05) is 5.92 Å². The van der Waals surface area contributed by atoms with E-state index in [4.69, 9.17) is 0 Å². The van der Waals surface area contributed by atoms with E-state index in [9.17, 15) is 0 Å². The highest BCUT2D eigenvalue weighted by Crippen LogP contribution is 2.31. The Bertz CT molecular complexity index is 626. The standard InChI is InChI=1S/3C9H14/c3*1-9(2,3)8-6-4-5-7-8/h4,6-7H,5H2,1-3H3;4-6H,7H2,1-3H3;4-8H,1-3H3. The second-order valence-corrected chi connectivity index (χ2v) is 10.8. The second-order valence-electron chi connectivity index (χ2n) is 10.8. The monoisotopic (exact) mass is 366 g/mol.